The van der Waals surface area contributed by atoms with Crippen molar-refractivity contribution in [2.24, 2.45) is 5.73 Å². The van der Waals surface area contributed by atoms with Crippen LogP contribution in [0.15, 0.2) is 12.2 Å². The molecule has 0 bridgehead atoms. The number of hydrogen-bond donors (Lipinski definition) is 2. The van der Waals surface area contributed by atoms with Crippen LogP contribution >= 0.6 is 0 Å². The van der Waals surface area contributed by atoms with Gasteiger partial charge in [-0.3, -0.25) is 0 Å². The molecule has 0 fully saturated rings. The van der Waals surface area contributed by atoms with Gasteiger partial charge in [-0.05, 0) is 0 Å². The summed E-state index contributed by atoms with van der Waals surface area (Å²) in [6, 6.07) is -0.500. The van der Waals surface area contributed by atoms with Gasteiger partial charge in [0.05, 0.1) is 12.6 Å². The lowest BCUT2D eigenvalue weighted by Gasteiger charge is -2.22. The molecular formula is C6H9NO4. The molecule has 5 heteroatoms. The zero-order chi connectivity index (χ0) is 8.27. The summed E-state index contributed by atoms with van der Waals surface area (Å²) in [5.41, 5.74) is 5.43. The quantitative estimate of drug-likeness (QED) is 0.413. The topological polar surface area (TPSA) is 81.8 Å². The average Bonchev–Trinajstić information content (AvgIpc) is 1.93. The van der Waals surface area contributed by atoms with Crippen molar-refractivity contribution in [3.63, 3.8) is 0 Å². The minimum atomic E-state index is -1.37. The van der Waals surface area contributed by atoms with Gasteiger partial charge in [0.15, 0.2) is 0 Å². The lowest BCUT2D eigenvalue weighted by Crippen LogP contribution is -2.40. The molecule has 0 radical (unpaired) electrons. The predicted octanol–water partition coefficient (Wildman–Crippen LogP) is -0.0792. The molecule has 0 saturated heterocycles. The normalized spacial score (nSPS) is 29.9. The first-order chi connectivity index (χ1) is 5.20. The Kier molecular flexibility index (Phi) is 2.45. The van der Waals surface area contributed by atoms with Crippen LogP contribution in [0, 0.1) is 0 Å². The van der Waals surface area contributed by atoms with E-state index in [4.69, 9.17) is 15.6 Å². The van der Waals surface area contributed by atoms with Gasteiger partial charge in [-0.2, -0.15) is 0 Å². The summed E-state index contributed by atoms with van der Waals surface area (Å²) >= 11 is 0. The Morgan fingerprint density at radius 1 is 1.82 bits per heavy atom. The highest BCUT2D eigenvalue weighted by Crippen LogP contribution is 2.06. The maximum Gasteiger partial charge on any atom is 0.508 e. The minimum absolute atomic E-state index is 0.339. The molecule has 1 heterocycles. The van der Waals surface area contributed by atoms with E-state index in [1.807, 2.05) is 0 Å². The molecule has 5 nitrogen and oxygen atoms in total. The Morgan fingerprint density at radius 2 is 2.55 bits per heavy atom. The van der Waals surface area contributed by atoms with Crippen LogP contribution < -0.4 is 5.73 Å². The highest BCUT2D eigenvalue weighted by molar-refractivity contribution is 5.57. The van der Waals surface area contributed by atoms with Gasteiger partial charge in [0.1, 0.15) is 0 Å². The summed E-state index contributed by atoms with van der Waals surface area (Å²) in [7, 11) is 0. The van der Waals surface area contributed by atoms with Crippen LogP contribution in [-0.4, -0.2) is 30.2 Å². The van der Waals surface area contributed by atoms with Gasteiger partial charge in [0.2, 0.25) is 6.29 Å². The third kappa shape index (κ3) is 2.21. The molecule has 0 aromatic rings. The van der Waals surface area contributed by atoms with Gasteiger partial charge in [-0.25, -0.2) is 4.79 Å². The second-order valence-electron chi connectivity index (χ2n) is 2.09. The number of nitrogens with two attached hydrogens (primary N) is 1. The van der Waals surface area contributed by atoms with Crippen molar-refractivity contribution in [2.75, 3.05) is 6.61 Å². The molecule has 1 rings (SSSR count). The van der Waals surface area contributed by atoms with Crippen LogP contribution in [-0.2, 0) is 9.47 Å². The maximum absolute atomic E-state index is 10.0. The number of ether oxygens (including phenoxy) is 2. The SMILES string of the molecule is N[C@@H]1C=CCO[C@H]1OC(=O)O. The fraction of sp³-hybridized carbons (Fsp3) is 0.500. The lowest BCUT2D eigenvalue weighted by atomic mass is 10.2. The molecule has 0 aromatic carbocycles. The minimum Gasteiger partial charge on any atom is -0.450 e. The van der Waals surface area contributed by atoms with E-state index in [-0.39, 0.29) is 0 Å². The molecular weight excluding hydrogens is 150 g/mol. The summed E-state index contributed by atoms with van der Waals surface area (Å²) in [5, 5.41) is 8.20. The molecule has 2 atom stereocenters. The van der Waals surface area contributed by atoms with Crippen molar-refractivity contribution >= 4 is 6.16 Å². The molecule has 0 saturated carbocycles. The molecule has 3 N–H and O–H groups in total. The highest BCUT2D eigenvalue weighted by Gasteiger charge is 2.22. The van der Waals surface area contributed by atoms with E-state index in [2.05, 4.69) is 4.74 Å². The van der Waals surface area contributed by atoms with E-state index in [0.29, 0.717) is 6.61 Å². The summed E-state index contributed by atoms with van der Waals surface area (Å²) in [5.74, 6) is 0. The summed E-state index contributed by atoms with van der Waals surface area (Å²) < 4.78 is 9.21. The Bertz CT molecular complexity index is 179. The van der Waals surface area contributed by atoms with Crippen LogP contribution in [0.2, 0.25) is 0 Å². The molecule has 0 aliphatic carbocycles. The van der Waals surface area contributed by atoms with E-state index >= 15 is 0 Å². The van der Waals surface area contributed by atoms with E-state index in [9.17, 15) is 4.79 Å². The Labute approximate surface area is 63.4 Å². The fourth-order valence-electron chi connectivity index (χ4n) is 0.777. The molecule has 62 valence electrons. The van der Waals surface area contributed by atoms with Gasteiger partial charge >= 0.3 is 6.16 Å². The summed E-state index contributed by atoms with van der Waals surface area (Å²) in [6.07, 6.45) is 1.13. The van der Waals surface area contributed by atoms with Crippen LogP contribution in [0.1, 0.15) is 0 Å². The van der Waals surface area contributed by atoms with Crippen molar-refractivity contribution < 1.29 is 19.4 Å². The van der Waals surface area contributed by atoms with E-state index in [1.54, 1.807) is 12.2 Å². The smallest absolute Gasteiger partial charge is 0.450 e. The van der Waals surface area contributed by atoms with Crippen molar-refractivity contribution in [3.05, 3.63) is 12.2 Å². The van der Waals surface area contributed by atoms with E-state index in [1.165, 1.54) is 0 Å². The Hall–Kier alpha value is -1.07. The second kappa shape index (κ2) is 3.36. The fourth-order valence-corrected chi connectivity index (χ4v) is 0.777. The third-order valence-corrected chi connectivity index (χ3v) is 1.25. The maximum atomic E-state index is 10.0. The first-order valence-corrected chi connectivity index (χ1v) is 3.13. The van der Waals surface area contributed by atoms with Gasteiger partial charge in [-0.15, -0.1) is 0 Å². The number of hydrogen-bond acceptors (Lipinski definition) is 4. The average molecular weight is 159 g/mol. The largest absolute Gasteiger partial charge is 0.508 e. The first-order valence-electron chi connectivity index (χ1n) is 3.13. The van der Waals surface area contributed by atoms with Crippen LogP contribution in [0.5, 0.6) is 0 Å². The standard InChI is InChI=1S/C6H9NO4/c7-4-2-1-3-10-5(4)11-6(8)9/h1-2,4-5H,3,7H2,(H,8,9)/t4-,5+/m1/s1. The van der Waals surface area contributed by atoms with Crippen molar-refractivity contribution in [2.45, 2.75) is 12.3 Å². The zero-order valence-corrected chi connectivity index (χ0v) is 5.77. The Morgan fingerprint density at radius 3 is 3.09 bits per heavy atom. The molecule has 0 aromatic heterocycles. The number of carbonyl (C=O) groups is 1. The molecule has 0 spiro atoms. The highest BCUT2D eigenvalue weighted by atomic mass is 16.8. The van der Waals surface area contributed by atoms with Crippen molar-refractivity contribution in [3.8, 4) is 0 Å². The van der Waals surface area contributed by atoms with Gasteiger partial charge in [-0.1, -0.05) is 12.2 Å². The number of carboxylic acid groups (broad SMARTS) is 1. The van der Waals surface area contributed by atoms with Gasteiger partial charge < -0.3 is 20.3 Å². The molecule has 0 amide bonds. The van der Waals surface area contributed by atoms with E-state index in [0.717, 1.165) is 0 Å². The second-order valence-corrected chi connectivity index (χ2v) is 2.09. The monoisotopic (exact) mass is 159 g/mol. The van der Waals surface area contributed by atoms with Crippen molar-refractivity contribution in [1.82, 2.24) is 0 Å². The zero-order valence-electron chi connectivity index (χ0n) is 5.77. The van der Waals surface area contributed by atoms with Gasteiger partial charge in [0.25, 0.3) is 0 Å². The predicted molar refractivity (Wildman–Crippen MR) is 36.0 cm³/mol. The Balaban J connectivity index is 2.45. The molecule has 11 heavy (non-hydrogen) atoms. The summed E-state index contributed by atoms with van der Waals surface area (Å²) in [4.78, 5) is 10.0. The molecule has 1 aliphatic rings. The first kappa shape index (κ1) is 8.03. The van der Waals surface area contributed by atoms with Crippen molar-refractivity contribution in [1.29, 1.82) is 0 Å². The molecule has 0 unspecified atom stereocenters. The molecule has 1 aliphatic heterocycles. The van der Waals surface area contributed by atoms with Crippen LogP contribution in [0.25, 0.3) is 0 Å². The van der Waals surface area contributed by atoms with Crippen LogP contribution in [0.4, 0.5) is 4.79 Å². The van der Waals surface area contributed by atoms with Crippen LogP contribution in [0.3, 0.4) is 0 Å². The van der Waals surface area contributed by atoms with Gasteiger partial charge in [0, 0.05) is 0 Å². The number of rotatable bonds is 1. The lowest BCUT2D eigenvalue weighted by molar-refractivity contribution is -0.118. The van der Waals surface area contributed by atoms with E-state index < -0.39 is 18.5 Å². The summed E-state index contributed by atoms with van der Waals surface area (Å²) in [6.45, 7) is 0.339. The third-order valence-electron chi connectivity index (χ3n) is 1.25.